The molecule has 2 N–H and O–H groups in total. The first-order valence-electron chi connectivity index (χ1n) is 4.90. The van der Waals surface area contributed by atoms with Crippen LogP contribution in [0.1, 0.15) is 24.4 Å². The molecule has 1 aromatic carbocycles. The van der Waals surface area contributed by atoms with Crippen molar-refractivity contribution in [2.45, 2.75) is 19.9 Å². The van der Waals surface area contributed by atoms with Gasteiger partial charge in [-0.15, -0.1) is 5.10 Å². The second kappa shape index (κ2) is 3.97. The molecular formula is C10H12FN5. The molecular weight excluding hydrogens is 209 g/mol. The highest BCUT2D eigenvalue weighted by Crippen LogP contribution is 2.19. The van der Waals surface area contributed by atoms with Gasteiger partial charge in [0.2, 0.25) is 0 Å². The number of para-hydroxylation sites is 1. The predicted octanol–water partition coefficient (Wildman–Crippen LogP) is 1.13. The summed E-state index contributed by atoms with van der Waals surface area (Å²) in [5.74, 6) is 0.0717. The number of halogens is 1. The van der Waals surface area contributed by atoms with E-state index < -0.39 is 0 Å². The summed E-state index contributed by atoms with van der Waals surface area (Å²) in [6, 6.07) is 4.46. The zero-order valence-electron chi connectivity index (χ0n) is 9.05. The Labute approximate surface area is 92.1 Å². The van der Waals surface area contributed by atoms with Crippen LogP contribution >= 0.6 is 0 Å². The summed E-state index contributed by atoms with van der Waals surface area (Å²) in [7, 11) is 0. The maximum Gasteiger partial charge on any atom is 0.173 e. The van der Waals surface area contributed by atoms with Crippen LogP contribution in [0.25, 0.3) is 5.69 Å². The Morgan fingerprint density at radius 3 is 2.81 bits per heavy atom. The predicted molar refractivity (Wildman–Crippen MR) is 56.5 cm³/mol. The van der Waals surface area contributed by atoms with Crippen molar-refractivity contribution in [3.8, 4) is 5.69 Å². The summed E-state index contributed by atoms with van der Waals surface area (Å²) in [6.07, 6.45) is 0. The van der Waals surface area contributed by atoms with Gasteiger partial charge in [-0.05, 0) is 35.9 Å². The van der Waals surface area contributed by atoms with Crippen molar-refractivity contribution in [2.24, 2.45) is 5.73 Å². The third-order valence-electron chi connectivity index (χ3n) is 2.30. The summed E-state index contributed by atoms with van der Waals surface area (Å²) < 4.78 is 15.0. The molecule has 2 aromatic rings. The highest BCUT2D eigenvalue weighted by molar-refractivity contribution is 5.41. The Bertz CT molecular complexity index is 485. The minimum absolute atomic E-state index is 0.347. The van der Waals surface area contributed by atoms with Crippen molar-refractivity contribution in [2.75, 3.05) is 0 Å². The SMILES string of the molecule is Cc1cccc(F)c1-n1nnnc1C(C)N. The maximum atomic E-state index is 13.7. The van der Waals surface area contributed by atoms with Crippen LogP contribution in [0.2, 0.25) is 0 Å². The minimum atomic E-state index is -0.366. The van der Waals surface area contributed by atoms with Crippen molar-refractivity contribution in [3.63, 3.8) is 0 Å². The summed E-state index contributed by atoms with van der Waals surface area (Å²) in [6.45, 7) is 3.55. The van der Waals surface area contributed by atoms with Gasteiger partial charge in [-0.3, -0.25) is 0 Å². The first kappa shape index (κ1) is 10.7. The zero-order valence-corrected chi connectivity index (χ0v) is 9.05. The molecule has 84 valence electrons. The van der Waals surface area contributed by atoms with Crippen molar-refractivity contribution in [3.05, 3.63) is 35.4 Å². The van der Waals surface area contributed by atoms with E-state index in [1.165, 1.54) is 10.7 Å². The van der Waals surface area contributed by atoms with Gasteiger partial charge < -0.3 is 5.73 Å². The van der Waals surface area contributed by atoms with Gasteiger partial charge in [-0.1, -0.05) is 12.1 Å². The number of aromatic nitrogens is 4. The van der Waals surface area contributed by atoms with Gasteiger partial charge in [0.15, 0.2) is 5.82 Å². The molecule has 0 fully saturated rings. The van der Waals surface area contributed by atoms with Crippen LogP contribution in [-0.4, -0.2) is 20.2 Å². The van der Waals surface area contributed by atoms with E-state index in [1.54, 1.807) is 26.0 Å². The number of nitrogens with two attached hydrogens (primary N) is 1. The topological polar surface area (TPSA) is 69.6 Å². The molecule has 0 aliphatic carbocycles. The number of aryl methyl sites for hydroxylation is 1. The summed E-state index contributed by atoms with van der Waals surface area (Å²) in [4.78, 5) is 0. The van der Waals surface area contributed by atoms with Gasteiger partial charge in [0.1, 0.15) is 11.5 Å². The van der Waals surface area contributed by atoms with E-state index >= 15 is 0 Å². The smallest absolute Gasteiger partial charge is 0.173 e. The fourth-order valence-corrected chi connectivity index (χ4v) is 1.53. The van der Waals surface area contributed by atoms with Crippen LogP contribution in [-0.2, 0) is 0 Å². The molecule has 0 radical (unpaired) electrons. The largest absolute Gasteiger partial charge is 0.321 e. The second-order valence-corrected chi connectivity index (χ2v) is 3.64. The third kappa shape index (κ3) is 1.67. The van der Waals surface area contributed by atoms with Crippen molar-refractivity contribution in [1.82, 2.24) is 20.2 Å². The lowest BCUT2D eigenvalue weighted by Gasteiger charge is -2.10. The fourth-order valence-electron chi connectivity index (χ4n) is 1.53. The number of benzene rings is 1. The molecule has 1 heterocycles. The molecule has 0 saturated carbocycles. The van der Waals surface area contributed by atoms with Crippen LogP contribution in [0, 0.1) is 12.7 Å². The maximum absolute atomic E-state index is 13.7. The molecule has 0 bridgehead atoms. The average molecular weight is 221 g/mol. The van der Waals surface area contributed by atoms with E-state index in [0.29, 0.717) is 11.5 Å². The molecule has 5 nitrogen and oxygen atoms in total. The summed E-state index contributed by atoms with van der Waals surface area (Å²) in [5.41, 5.74) is 6.82. The Balaban J connectivity index is 2.63. The highest BCUT2D eigenvalue weighted by atomic mass is 19.1. The van der Waals surface area contributed by atoms with Crippen LogP contribution in [0.4, 0.5) is 4.39 Å². The molecule has 1 aromatic heterocycles. The normalized spacial score (nSPS) is 12.8. The van der Waals surface area contributed by atoms with Crippen LogP contribution in [0.5, 0.6) is 0 Å². The number of hydrogen-bond donors (Lipinski definition) is 1. The molecule has 2 rings (SSSR count). The molecule has 1 atom stereocenters. The molecule has 6 heteroatoms. The molecule has 0 amide bonds. The number of hydrogen-bond acceptors (Lipinski definition) is 4. The Kier molecular flexibility index (Phi) is 2.66. The Morgan fingerprint density at radius 1 is 1.44 bits per heavy atom. The zero-order chi connectivity index (χ0) is 11.7. The molecule has 0 aliphatic rings. The number of tetrazole rings is 1. The molecule has 0 saturated heterocycles. The van der Waals surface area contributed by atoms with E-state index in [4.69, 9.17) is 5.73 Å². The first-order chi connectivity index (χ1) is 7.61. The second-order valence-electron chi connectivity index (χ2n) is 3.64. The van der Waals surface area contributed by atoms with E-state index in [1.807, 2.05) is 0 Å². The molecule has 0 spiro atoms. The summed E-state index contributed by atoms with van der Waals surface area (Å²) in [5, 5.41) is 11.1. The van der Waals surface area contributed by atoms with Crippen LogP contribution in [0.15, 0.2) is 18.2 Å². The van der Waals surface area contributed by atoms with Gasteiger partial charge in [0, 0.05) is 0 Å². The van der Waals surface area contributed by atoms with Crippen molar-refractivity contribution in [1.29, 1.82) is 0 Å². The Hall–Kier alpha value is -1.82. The van der Waals surface area contributed by atoms with Gasteiger partial charge in [0.05, 0.1) is 6.04 Å². The van der Waals surface area contributed by atoms with Gasteiger partial charge in [-0.25, -0.2) is 4.39 Å². The number of nitrogens with zero attached hydrogens (tertiary/aromatic N) is 4. The standard InChI is InChI=1S/C10H12FN5/c1-6-4-3-5-8(11)9(6)16-10(7(2)12)13-14-15-16/h3-5,7H,12H2,1-2H3. The van der Waals surface area contributed by atoms with E-state index in [2.05, 4.69) is 15.5 Å². The van der Waals surface area contributed by atoms with Crippen LogP contribution < -0.4 is 5.73 Å². The van der Waals surface area contributed by atoms with E-state index in [-0.39, 0.29) is 11.9 Å². The molecule has 0 aliphatic heterocycles. The first-order valence-corrected chi connectivity index (χ1v) is 4.90. The quantitative estimate of drug-likeness (QED) is 0.825. The minimum Gasteiger partial charge on any atom is -0.321 e. The lowest BCUT2D eigenvalue weighted by molar-refractivity contribution is 0.593. The molecule has 1 unspecified atom stereocenters. The van der Waals surface area contributed by atoms with Gasteiger partial charge in [-0.2, -0.15) is 4.68 Å². The third-order valence-corrected chi connectivity index (χ3v) is 2.30. The number of rotatable bonds is 2. The van der Waals surface area contributed by atoms with Crippen molar-refractivity contribution >= 4 is 0 Å². The monoisotopic (exact) mass is 221 g/mol. The van der Waals surface area contributed by atoms with Gasteiger partial charge >= 0.3 is 0 Å². The van der Waals surface area contributed by atoms with Crippen molar-refractivity contribution < 1.29 is 4.39 Å². The Morgan fingerprint density at radius 2 is 2.19 bits per heavy atom. The average Bonchev–Trinajstić information content (AvgIpc) is 2.66. The molecule has 16 heavy (non-hydrogen) atoms. The van der Waals surface area contributed by atoms with Crippen LogP contribution in [0.3, 0.4) is 0 Å². The fraction of sp³-hybridized carbons (Fsp3) is 0.300. The lowest BCUT2D eigenvalue weighted by Crippen LogP contribution is -2.15. The highest BCUT2D eigenvalue weighted by Gasteiger charge is 2.16. The van der Waals surface area contributed by atoms with Gasteiger partial charge in [0.25, 0.3) is 0 Å². The van der Waals surface area contributed by atoms with E-state index in [0.717, 1.165) is 5.56 Å². The van der Waals surface area contributed by atoms with E-state index in [9.17, 15) is 4.39 Å². The lowest BCUT2D eigenvalue weighted by atomic mass is 10.2. The summed E-state index contributed by atoms with van der Waals surface area (Å²) >= 11 is 0.